The number of sulfonamides is 1. The molecule has 0 spiro atoms. The molecule has 21 heavy (non-hydrogen) atoms. The molecule has 1 heterocycles. The molecule has 0 bridgehead atoms. The zero-order chi connectivity index (χ0) is 15.5. The topological polar surface area (TPSA) is 68.7 Å². The van der Waals surface area contributed by atoms with Gasteiger partial charge in [0.1, 0.15) is 16.4 Å². The molecular weight excluding hydrogens is 292 g/mol. The van der Waals surface area contributed by atoms with Crippen LogP contribution in [-0.2, 0) is 10.0 Å². The standard InChI is InChI=1S/C14H16N2O4S/c1-16(11-5-4-8-15-10-11)21(17,18)14-9-12(19-2)6-7-13(14)20-3/h4-10H,1-3H3. The molecule has 0 aliphatic rings. The highest BCUT2D eigenvalue weighted by atomic mass is 32.2. The quantitative estimate of drug-likeness (QED) is 0.844. The molecule has 0 unspecified atom stereocenters. The number of nitrogens with zero attached hydrogens (tertiary/aromatic N) is 2. The summed E-state index contributed by atoms with van der Waals surface area (Å²) in [5, 5.41) is 0. The Morgan fingerprint density at radius 3 is 2.48 bits per heavy atom. The van der Waals surface area contributed by atoms with Crippen LogP contribution in [0.3, 0.4) is 0 Å². The minimum atomic E-state index is -3.78. The van der Waals surface area contributed by atoms with E-state index in [1.165, 1.54) is 33.5 Å². The lowest BCUT2D eigenvalue weighted by atomic mass is 10.3. The average molecular weight is 308 g/mol. The predicted molar refractivity (Wildman–Crippen MR) is 79.4 cm³/mol. The third kappa shape index (κ3) is 2.92. The van der Waals surface area contributed by atoms with Gasteiger partial charge in [-0.15, -0.1) is 0 Å². The third-order valence-electron chi connectivity index (χ3n) is 3.02. The van der Waals surface area contributed by atoms with Gasteiger partial charge in [0.2, 0.25) is 0 Å². The van der Waals surface area contributed by atoms with Crippen LogP contribution in [0.2, 0.25) is 0 Å². The Morgan fingerprint density at radius 2 is 1.90 bits per heavy atom. The molecule has 0 aliphatic heterocycles. The average Bonchev–Trinajstić information content (AvgIpc) is 2.54. The van der Waals surface area contributed by atoms with Crippen LogP contribution in [0.5, 0.6) is 11.5 Å². The summed E-state index contributed by atoms with van der Waals surface area (Å²) in [5.41, 5.74) is 0.461. The lowest BCUT2D eigenvalue weighted by Crippen LogP contribution is -2.27. The zero-order valence-corrected chi connectivity index (χ0v) is 12.8. The number of anilines is 1. The Hall–Kier alpha value is -2.28. The van der Waals surface area contributed by atoms with Gasteiger partial charge < -0.3 is 9.47 Å². The number of ether oxygens (including phenoxy) is 2. The molecule has 0 fully saturated rings. The third-order valence-corrected chi connectivity index (χ3v) is 4.83. The zero-order valence-electron chi connectivity index (χ0n) is 12.0. The normalized spacial score (nSPS) is 11.0. The number of methoxy groups -OCH3 is 2. The van der Waals surface area contributed by atoms with Crippen molar-refractivity contribution in [3.05, 3.63) is 42.7 Å². The van der Waals surface area contributed by atoms with Crippen molar-refractivity contribution in [1.29, 1.82) is 0 Å². The van der Waals surface area contributed by atoms with Crippen molar-refractivity contribution in [2.24, 2.45) is 0 Å². The van der Waals surface area contributed by atoms with Gasteiger partial charge in [-0.05, 0) is 24.3 Å². The van der Waals surface area contributed by atoms with E-state index in [0.29, 0.717) is 11.4 Å². The summed E-state index contributed by atoms with van der Waals surface area (Å²) in [6.07, 6.45) is 3.06. The van der Waals surface area contributed by atoms with Crippen molar-refractivity contribution in [1.82, 2.24) is 4.98 Å². The summed E-state index contributed by atoms with van der Waals surface area (Å²) in [7, 11) is 0.581. The first kappa shape index (κ1) is 15.1. The van der Waals surface area contributed by atoms with Crippen LogP contribution in [0.25, 0.3) is 0 Å². The maximum atomic E-state index is 12.7. The van der Waals surface area contributed by atoms with Gasteiger partial charge in [-0.3, -0.25) is 9.29 Å². The van der Waals surface area contributed by atoms with Crippen molar-refractivity contribution < 1.29 is 17.9 Å². The molecule has 0 amide bonds. The first-order chi connectivity index (χ1) is 10.0. The van der Waals surface area contributed by atoms with Gasteiger partial charge in [-0.2, -0.15) is 0 Å². The van der Waals surface area contributed by atoms with E-state index in [1.54, 1.807) is 30.5 Å². The van der Waals surface area contributed by atoms with E-state index in [9.17, 15) is 8.42 Å². The van der Waals surface area contributed by atoms with Crippen molar-refractivity contribution in [2.45, 2.75) is 4.90 Å². The summed E-state index contributed by atoms with van der Waals surface area (Å²) in [5.74, 6) is 0.695. The second-order valence-electron chi connectivity index (χ2n) is 4.20. The Morgan fingerprint density at radius 1 is 1.14 bits per heavy atom. The second kappa shape index (κ2) is 6.01. The van der Waals surface area contributed by atoms with Crippen LogP contribution in [0, 0.1) is 0 Å². The minimum absolute atomic E-state index is 0.0377. The van der Waals surface area contributed by atoms with Crippen LogP contribution in [-0.4, -0.2) is 34.7 Å². The van der Waals surface area contributed by atoms with Crippen LogP contribution < -0.4 is 13.8 Å². The van der Waals surface area contributed by atoms with E-state index in [0.717, 1.165) is 4.31 Å². The smallest absolute Gasteiger partial charge is 0.267 e. The molecule has 112 valence electrons. The molecular formula is C14H16N2O4S. The number of rotatable bonds is 5. The van der Waals surface area contributed by atoms with Crippen molar-refractivity contribution in [3.63, 3.8) is 0 Å². The maximum Gasteiger partial charge on any atom is 0.267 e. The lowest BCUT2D eigenvalue weighted by molar-refractivity contribution is 0.392. The van der Waals surface area contributed by atoms with Crippen LogP contribution >= 0.6 is 0 Å². The number of hydrogen-bond donors (Lipinski definition) is 0. The van der Waals surface area contributed by atoms with Crippen molar-refractivity contribution in [3.8, 4) is 11.5 Å². The molecule has 2 rings (SSSR count). The van der Waals surface area contributed by atoms with Gasteiger partial charge in [-0.1, -0.05) is 0 Å². The molecule has 0 radical (unpaired) electrons. The maximum absolute atomic E-state index is 12.7. The SMILES string of the molecule is COc1ccc(OC)c(S(=O)(=O)N(C)c2cccnc2)c1. The fourth-order valence-corrected chi connectivity index (χ4v) is 3.16. The summed E-state index contributed by atoms with van der Waals surface area (Å²) in [6.45, 7) is 0. The summed E-state index contributed by atoms with van der Waals surface area (Å²) in [6, 6.07) is 7.97. The highest BCUT2D eigenvalue weighted by Crippen LogP contribution is 2.31. The van der Waals surface area contributed by atoms with E-state index in [1.807, 2.05) is 0 Å². The van der Waals surface area contributed by atoms with Gasteiger partial charge in [0.05, 0.1) is 26.1 Å². The van der Waals surface area contributed by atoms with E-state index in [4.69, 9.17) is 9.47 Å². The van der Waals surface area contributed by atoms with E-state index < -0.39 is 10.0 Å². The predicted octanol–water partition coefficient (Wildman–Crippen LogP) is 1.92. The number of benzene rings is 1. The first-order valence-electron chi connectivity index (χ1n) is 6.11. The molecule has 6 nitrogen and oxygen atoms in total. The monoisotopic (exact) mass is 308 g/mol. The van der Waals surface area contributed by atoms with Crippen LogP contribution in [0.1, 0.15) is 0 Å². The van der Waals surface area contributed by atoms with E-state index in [-0.39, 0.29) is 10.6 Å². The molecule has 7 heteroatoms. The number of hydrogen-bond acceptors (Lipinski definition) is 5. The molecule has 1 aromatic carbocycles. The molecule has 0 saturated carbocycles. The van der Waals surface area contributed by atoms with Crippen LogP contribution in [0.15, 0.2) is 47.6 Å². The Bertz CT molecular complexity index is 717. The van der Waals surface area contributed by atoms with E-state index >= 15 is 0 Å². The van der Waals surface area contributed by atoms with Gasteiger partial charge in [0.15, 0.2) is 0 Å². The van der Waals surface area contributed by atoms with Gasteiger partial charge in [0, 0.05) is 19.3 Å². The Labute approximate surface area is 124 Å². The summed E-state index contributed by atoms with van der Waals surface area (Å²) in [4.78, 5) is 3.96. The molecule has 0 atom stereocenters. The number of pyridine rings is 1. The fourth-order valence-electron chi connectivity index (χ4n) is 1.81. The highest BCUT2D eigenvalue weighted by molar-refractivity contribution is 7.92. The molecule has 0 aliphatic carbocycles. The largest absolute Gasteiger partial charge is 0.497 e. The number of aromatic nitrogens is 1. The molecule has 2 aromatic rings. The Balaban J connectivity index is 2.53. The second-order valence-corrected chi connectivity index (χ2v) is 6.14. The lowest BCUT2D eigenvalue weighted by Gasteiger charge is -2.20. The summed E-state index contributed by atoms with van der Waals surface area (Å²) < 4.78 is 36.9. The van der Waals surface area contributed by atoms with Crippen LogP contribution in [0.4, 0.5) is 5.69 Å². The molecule has 1 aromatic heterocycles. The fraction of sp³-hybridized carbons (Fsp3) is 0.214. The van der Waals surface area contributed by atoms with Crippen molar-refractivity contribution in [2.75, 3.05) is 25.6 Å². The summed E-state index contributed by atoms with van der Waals surface area (Å²) >= 11 is 0. The van der Waals surface area contributed by atoms with Gasteiger partial charge >= 0.3 is 0 Å². The first-order valence-corrected chi connectivity index (χ1v) is 7.55. The van der Waals surface area contributed by atoms with Gasteiger partial charge in [-0.25, -0.2) is 8.42 Å². The Kier molecular flexibility index (Phi) is 4.32. The van der Waals surface area contributed by atoms with Gasteiger partial charge in [0.25, 0.3) is 10.0 Å². The van der Waals surface area contributed by atoms with Crippen molar-refractivity contribution >= 4 is 15.7 Å². The molecule has 0 N–H and O–H groups in total. The molecule has 0 saturated heterocycles. The highest BCUT2D eigenvalue weighted by Gasteiger charge is 2.26. The van der Waals surface area contributed by atoms with E-state index in [2.05, 4.69) is 4.98 Å². The minimum Gasteiger partial charge on any atom is -0.497 e.